The van der Waals surface area contributed by atoms with Crippen LogP contribution in [0.4, 0.5) is 0 Å². The zero-order valence-corrected chi connectivity index (χ0v) is 14.2. The van der Waals surface area contributed by atoms with E-state index in [2.05, 4.69) is 15.5 Å². The lowest BCUT2D eigenvalue weighted by atomic mass is 9.89. The number of nitrogens with zero attached hydrogens (tertiary/aromatic N) is 2. The topological polar surface area (TPSA) is 86.5 Å². The Morgan fingerprint density at radius 1 is 1.17 bits per heavy atom. The van der Waals surface area contributed by atoms with Crippen molar-refractivity contribution in [3.05, 3.63) is 11.7 Å². The maximum Gasteiger partial charge on any atom is 0.246 e. The van der Waals surface area contributed by atoms with Crippen molar-refractivity contribution in [2.45, 2.75) is 69.9 Å². The molecule has 24 heavy (non-hydrogen) atoms. The molecular weight excluding hydrogens is 310 g/mol. The first-order valence-corrected chi connectivity index (χ1v) is 9.10. The van der Waals surface area contributed by atoms with E-state index in [-0.39, 0.29) is 25.2 Å². The van der Waals surface area contributed by atoms with Crippen LogP contribution in [0.25, 0.3) is 0 Å². The summed E-state index contributed by atoms with van der Waals surface area (Å²) in [5.74, 6) is 1.47. The molecular formula is C17H27N3O4. The summed E-state index contributed by atoms with van der Waals surface area (Å²) in [6.45, 7) is 1.55. The van der Waals surface area contributed by atoms with Gasteiger partial charge in [0, 0.05) is 12.5 Å². The molecule has 2 heterocycles. The molecule has 1 aliphatic carbocycles. The molecule has 1 saturated heterocycles. The molecule has 7 nitrogen and oxygen atoms in total. The van der Waals surface area contributed by atoms with E-state index in [9.17, 15) is 4.79 Å². The summed E-state index contributed by atoms with van der Waals surface area (Å²) in [4.78, 5) is 16.2. The van der Waals surface area contributed by atoms with Crippen LogP contribution in [0.5, 0.6) is 0 Å². The van der Waals surface area contributed by atoms with Gasteiger partial charge in [-0.1, -0.05) is 24.4 Å². The summed E-state index contributed by atoms with van der Waals surface area (Å²) in [6, 6.07) is 0. The van der Waals surface area contributed by atoms with Crippen molar-refractivity contribution in [1.82, 2.24) is 15.5 Å². The van der Waals surface area contributed by atoms with Gasteiger partial charge < -0.3 is 19.3 Å². The standard InChI is InChI=1S/C17H27N3O4/c21-15(12-22-11-14-8-4-5-9-23-14)18-10-16-19-17(20-24-16)13-6-2-1-3-7-13/h13-14H,1-12H2,(H,18,21)/t14-/m0/s1. The lowest BCUT2D eigenvalue weighted by Gasteiger charge is -2.22. The van der Waals surface area contributed by atoms with Gasteiger partial charge in [-0.25, -0.2) is 0 Å². The zero-order valence-electron chi connectivity index (χ0n) is 14.2. The van der Waals surface area contributed by atoms with Gasteiger partial charge in [-0.05, 0) is 32.1 Å². The fraction of sp³-hybridized carbons (Fsp3) is 0.824. The number of carbonyl (C=O) groups excluding carboxylic acids is 1. The Morgan fingerprint density at radius 2 is 2.00 bits per heavy atom. The highest BCUT2D eigenvalue weighted by molar-refractivity contribution is 5.77. The Labute approximate surface area is 142 Å². The van der Waals surface area contributed by atoms with Crippen LogP contribution < -0.4 is 5.32 Å². The van der Waals surface area contributed by atoms with Crippen LogP contribution in [0.2, 0.25) is 0 Å². The Hall–Kier alpha value is -1.47. The maximum absolute atomic E-state index is 11.8. The summed E-state index contributed by atoms with van der Waals surface area (Å²) in [6.07, 6.45) is 9.42. The molecule has 0 radical (unpaired) electrons. The van der Waals surface area contributed by atoms with E-state index in [0.29, 0.717) is 18.4 Å². The molecule has 0 bridgehead atoms. The van der Waals surface area contributed by atoms with Gasteiger partial charge in [-0.15, -0.1) is 0 Å². The van der Waals surface area contributed by atoms with E-state index in [4.69, 9.17) is 14.0 Å². The van der Waals surface area contributed by atoms with Crippen molar-refractivity contribution in [2.24, 2.45) is 0 Å². The van der Waals surface area contributed by atoms with Crippen LogP contribution in [0.15, 0.2) is 4.52 Å². The molecule has 2 fully saturated rings. The van der Waals surface area contributed by atoms with Crippen LogP contribution in [-0.2, 0) is 20.8 Å². The quantitative estimate of drug-likeness (QED) is 0.822. The lowest BCUT2D eigenvalue weighted by molar-refractivity contribution is -0.128. The summed E-state index contributed by atoms with van der Waals surface area (Å²) >= 11 is 0. The number of amides is 1. The van der Waals surface area contributed by atoms with Gasteiger partial charge in [0.05, 0.1) is 19.3 Å². The predicted octanol–water partition coefficient (Wildman–Crippen LogP) is 2.32. The molecule has 1 amide bonds. The monoisotopic (exact) mass is 337 g/mol. The van der Waals surface area contributed by atoms with E-state index in [1.807, 2.05) is 0 Å². The molecule has 1 aromatic heterocycles. The minimum absolute atomic E-state index is 0.0312. The molecule has 3 rings (SSSR count). The molecule has 0 spiro atoms. The molecule has 1 N–H and O–H groups in total. The van der Waals surface area contributed by atoms with Gasteiger partial charge in [0.1, 0.15) is 6.61 Å². The van der Waals surface area contributed by atoms with Gasteiger partial charge in [-0.2, -0.15) is 4.98 Å². The maximum atomic E-state index is 11.8. The average Bonchev–Trinajstić information content (AvgIpc) is 3.11. The van der Waals surface area contributed by atoms with Gasteiger partial charge in [0.15, 0.2) is 5.82 Å². The van der Waals surface area contributed by atoms with E-state index in [1.54, 1.807) is 0 Å². The number of nitrogens with one attached hydrogen (secondary N) is 1. The van der Waals surface area contributed by atoms with E-state index in [1.165, 1.54) is 25.7 Å². The number of hydrogen-bond acceptors (Lipinski definition) is 6. The highest BCUT2D eigenvalue weighted by Gasteiger charge is 2.21. The third-order valence-corrected chi connectivity index (χ3v) is 4.70. The molecule has 134 valence electrons. The molecule has 1 atom stereocenters. The van der Waals surface area contributed by atoms with Crippen molar-refractivity contribution in [3.8, 4) is 0 Å². The SMILES string of the molecule is O=C(COC[C@@H]1CCCCO1)NCc1nc(C2CCCCC2)no1. The van der Waals surface area contributed by atoms with Crippen LogP contribution in [0, 0.1) is 0 Å². The number of rotatable bonds is 7. The van der Waals surface area contributed by atoms with Gasteiger partial charge >= 0.3 is 0 Å². The number of ether oxygens (including phenoxy) is 2. The van der Waals surface area contributed by atoms with Crippen LogP contribution >= 0.6 is 0 Å². The fourth-order valence-electron chi connectivity index (χ4n) is 3.31. The Balaban J connectivity index is 1.33. The average molecular weight is 337 g/mol. The molecule has 7 heteroatoms. The second-order valence-corrected chi connectivity index (χ2v) is 6.66. The Morgan fingerprint density at radius 3 is 2.79 bits per heavy atom. The van der Waals surface area contributed by atoms with Crippen molar-refractivity contribution >= 4 is 5.91 Å². The summed E-state index contributed by atoms with van der Waals surface area (Å²) in [5, 5.41) is 6.81. The first kappa shape index (κ1) is 17.4. The lowest BCUT2D eigenvalue weighted by Crippen LogP contribution is -2.30. The van der Waals surface area contributed by atoms with Crippen molar-refractivity contribution in [3.63, 3.8) is 0 Å². The molecule has 1 aromatic rings. The van der Waals surface area contributed by atoms with Crippen LogP contribution in [0.1, 0.15) is 69.0 Å². The summed E-state index contributed by atoms with van der Waals surface area (Å²) in [7, 11) is 0. The highest BCUT2D eigenvalue weighted by Crippen LogP contribution is 2.30. The first-order chi connectivity index (χ1) is 11.8. The molecule has 0 unspecified atom stereocenters. The predicted molar refractivity (Wildman–Crippen MR) is 86.4 cm³/mol. The van der Waals surface area contributed by atoms with E-state index >= 15 is 0 Å². The van der Waals surface area contributed by atoms with Crippen molar-refractivity contribution in [1.29, 1.82) is 0 Å². The smallest absolute Gasteiger partial charge is 0.246 e. The molecule has 0 aromatic carbocycles. The second kappa shape index (κ2) is 9.13. The molecule has 2 aliphatic rings. The van der Waals surface area contributed by atoms with Crippen molar-refractivity contribution < 1.29 is 18.8 Å². The third kappa shape index (κ3) is 5.27. The third-order valence-electron chi connectivity index (χ3n) is 4.70. The first-order valence-electron chi connectivity index (χ1n) is 9.10. The summed E-state index contributed by atoms with van der Waals surface area (Å²) in [5.41, 5.74) is 0. The minimum atomic E-state index is -0.178. The minimum Gasteiger partial charge on any atom is -0.376 e. The van der Waals surface area contributed by atoms with Crippen LogP contribution in [-0.4, -0.2) is 42.0 Å². The Bertz CT molecular complexity index is 508. The normalized spacial score (nSPS) is 22.4. The highest BCUT2D eigenvalue weighted by atomic mass is 16.5. The number of aromatic nitrogens is 2. The van der Waals surface area contributed by atoms with Gasteiger partial charge in [0.25, 0.3) is 0 Å². The molecule has 1 aliphatic heterocycles. The van der Waals surface area contributed by atoms with Crippen molar-refractivity contribution in [2.75, 3.05) is 19.8 Å². The van der Waals surface area contributed by atoms with E-state index in [0.717, 1.165) is 38.1 Å². The fourth-order valence-corrected chi connectivity index (χ4v) is 3.31. The molecule has 1 saturated carbocycles. The Kier molecular flexibility index (Phi) is 6.60. The largest absolute Gasteiger partial charge is 0.376 e. The van der Waals surface area contributed by atoms with Gasteiger partial charge in [-0.3, -0.25) is 4.79 Å². The van der Waals surface area contributed by atoms with Gasteiger partial charge in [0.2, 0.25) is 11.8 Å². The number of hydrogen-bond donors (Lipinski definition) is 1. The second-order valence-electron chi connectivity index (χ2n) is 6.66. The van der Waals surface area contributed by atoms with E-state index < -0.39 is 0 Å². The summed E-state index contributed by atoms with van der Waals surface area (Å²) < 4.78 is 16.2. The number of carbonyl (C=O) groups is 1. The zero-order chi connectivity index (χ0) is 16.6. The van der Waals surface area contributed by atoms with Crippen LogP contribution in [0.3, 0.4) is 0 Å².